The monoisotopic (exact) mass is 290 g/mol. The summed E-state index contributed by atoms with van der Waals surface area (Å²) in [5, 5.41) is 18.3. The fourth-order valence-corrected chi connectivity index (χ4v) is 2.79. The van der Waals surface area contributed by atoms with E-state index < -0.39 is 0 Å². The number of rotatable bonds is 3. The molecule has 0 saturated carbocycles. The second-order valence-electron chi connectivity index (χ2n) is 5.81. The minimum Gasteiger partial charge on any atom is -0.392 e. The molecule has 1 aliphatic heterocycles. The smallest absolute Gasteiger partial charge is 0.163 e. The average Bonchev–Trinajstić information content (AvgIpc) is 2.84. The summed E-state index contributed by atoms with van der Waals surface area (Å²) in [7, 11) is 3.73. The predicted molar refractivity (Wildman–Crippen MR) is 80.9 cm³/mol. The van der Waals surface area contributed by atoms with E-state index in [1.807, 2.05) is 14.1 Å². The molecule has 114 valence electrons. The summed E-state index contributed by atoms with van der Waals surface area (Å²) >= 11 is 0. The minimum atomic E-state index is -0.261. The van der Waals surface area contributed by atoms with Crippen LogP contribution in [0.1, 0.15) is 19.2 Å². The lowest BCUT2D eigenvalue weighted by Crippen LogP contribution is -2.42. The number of hydrogen-bond donors (Lipinski definition) is 2. The van der Waals surface area contributed by atoms with Crippen molar-refractivity contribution in [3.63, 3.8) is 0 Å². The summed E-state index contributed by atoms with van der Waals surface area (Å²) in [6, 6.07) is 0. The molecule has 7 heteroatoms. The Balaban J connectivity index is 1.85. The van der Waals surface area contributed by atoms with E-state index in [2.05, 4.69) is 32.2 Å². The molecule has 2 aromatic rings. The normalized spacial score (nSPS) is 23.6. The fourth-order valence-electron chi connectivity index (χ4n) is 2.79. The molecule has 0 spiro atoms. The first-order valence-corrected chi connectivity index (χ1v) is 7.35. The van der Waals surface area contributed by atoms with Crippen LogP contribution in [-0.2, 0) is 13.6 Å². The van der Waals surface area contributed by atoms with Crippen molar-refractivity contribution in [2.45, 2.75) is 26.0 Å². The first-order valence-electron chi connectivity index (χ1n) is 7.35. The third-order valence-corrected chi connectivity index (χ3v) is 4.24. The van der Waals surface area contributed by atoms with E-state index in [1.165, 1.54) is 0 Å². The van der Waals surface area contributed by atoms with Gasteiger partial charge in [0.1, 0.15) is 11.6 Å². The molecule has 2 aromatic heterocycles. The van der Waals surface area contributed by atoms with Crippen molar-refractivity contribution < 1.29 is 5.11 Å². The number of nitrogens with zero attached hydrogens (tertiary/aromatic N) is 5. The quantitative estimate of drug-likeness (QED) is 0.862. The maximum atomic E-state index is 10.0. The van der Waals surface area contributed by atoms with Crippen LogP contribution in [0, 0.1) is 5.92 Å². The Morgan fingerprint density at radius 1 is 1.43 bits per heavy atom. The number of aryl methyl sites for hydroxylation is 1. The molecule has 0 radical (unpaired) electrons. The molecule has 0 aliphatic carbocycles. The molecule has 0 aromatic carbocycles. The lowest BCUT2D eigenvalue weighted by atomic mass is 9.96. The third kappa shape index (κ3) is 2.71. The summed E-state index contributed by atoms with van der Waals surface area (Å²) in [5.74, 6) is 1.93. The van der Waals surface area contributed by atoms with Crippen molar-refractivity contribution in [2.75, 3.05) is 25.5 Å². The highest BCUT2D eigenvalue weighted by molar-refractivity contribution is 5.86. The van der Waals surface area contributed by atoms with E-state index in [-0.39, 0.29) is 6.10 Å². The molecule has 2 unspecified atom stereocenters. The number of piperidine rings is 1. The Bertz CT molecular complexity index is 640. The van der Waals surface area contributed by atoms with Gasteiger partial charge in [0.05, 0.1) is 24.2 Å². The first-order chi connectivity index (χ1) is 10.1. The van der Waals surface area contributed by atoms with Gasteiger partial charge in [-0.25, -0.2) is 9.97 Å². The Morgan fingerprint density at radius 3 is 2.95 bits per heavy atom. The number of hydrogen-bond acceptors (Lipinski definition) is 6. The van der Waals surface area contributed by atoms with Crippen LogP contribution in [0.15, 0.2) is 6.20 Å². The maximum absolute atomic E-state index is 10.0. The molecule has 0 amide bonds. The predicted octanol–water partition coefficient (Wildman–Crippen LogP) is 0.608. The van der Waals surface area contributed by atoms with Crippen molar-refractivity contribution in [1.82, 2.24) is 24.6 Å². The van der Waals surface area contributed by atoms with E-state index in [1.54, 1.807) is 10.9 Å². The molecular weight excluding hydrogens is 268 g/mol. The summed E-state index contributed by atoms with van der Waals surface area (Å²) in [6.07, 6.45) is 2.52. The minimum absolute atomic E-state index is 0.261. The van der Waals surface area contributed by atoms with Gasteiger partial charge in [-0.1, -0.05) is 6.92 Å². The van der Waals surface area contributed by atoms with Crippen LogP contribution in [0.3, 0.4) is 0 Å². The molecule has 3 rings (SSSR count). The SMILES string of the molecule is CNc1nc(CN2CCC(C)C(O)C2)nc2c1cnn2C. The summed E-state index contributed by atoms with van der Waals surface area (Å²) < 4.78 is 1.76. The van der Waals surface area contributed by atoms with Gasteiger partial charge in [0.15, 0.2) is 5.65 Å². The molecule has 0 bridgehead atoms. The van der Waals surface area contributed by atoms with Gasteiger partial charge in [-0.15, -0.1) is 0 Å². The zero-order valence-corrected chi connectivity index (χ0v) is 12.7. The van der Waals surface area contributed by atoms with Gasteiger partial charge in [-0.2, -0.15) is 5.10 Å². The molecule has 2 atom stereocenters. The van der Waals surface area contributed by atoms with Gasteiger partial charge in [0, 0.05) is 20.6 Å². The topological polar surface area (TPSA) is 79.1 Å². The average molecular weight is 290 g/mol. The highest BCUT2D eigenvalue weighted by atomic mass is 16.3. The molecule has 1 saturated heterocycles. The van der Waals surface area contributed by atoms with Crippen molar-refractivity contribution >= 4 is 16.9 Å². The van der Waals surface area contributed by atoms with Crippen LogP contribution in [0.4, 0.5) is 5.82 Å². The zero-order chi connectivity index (χ0) is 15.0. The summed E-state index contributed by atoms with van der Waals surface area (Å²) in [4.78, 5) is 11.4. The number of aliphatic hydroxyl groups excluding tert-OH is 1. The molecule has 7 nitrogen and oxygen atoms in total. The van der Waals surface area contributed by atoms with E-state index in [0.29, 0.717) is 19.0 Å². The van der Waals surface area contributed by atoms with Crippen molar-refractivity contribution in [1.29, 1.82) is 0 Å². The van der Waals surface area contributed by atoms with E-state index in [0.717, 1.165) is 35.6 Å². The maximum Gasteiger partial charge on any atom is 0.163 e. The number of aromatic nitrogens is 4. The van der Waals surface area contributed by atoms with E-state index in [4.69, 9.17) is 0 Å². The van der Waals surface area contributed by atoms with E-state index >= 15 is 0 Å². The molecule has 3 heterocycles. The van der Waals surface area contributed by atoms with Crippen LogP contribution in [-0.4, -0.2) is 56.0 Å². The molecule has 1 aliphatic rings. The van der Waals surface area contributed by atoms with Crippen LogP contribution < -0.4 is 5.32 Å². The number of β-amino-alcohol motifs (C(OH)–C–C–N with tert-alkyl or cyclic N) is 1. The summed E-state index contributed by atoms with van der Waals surface area (Å²) in [5.41, 5.74) is 0.829. The second-order valence-corrected chi connectivity index (χ2v) is 5.81. The number of likely N-dealkylation sites (tertiary alicyclic amines) is 1. The second kappa shape index (κ2) is 5.57. The zero-order valence-electron chi connectivity index (χ0n) is 12.7. The fraction of sp³-hybridized carbons (Fsp3) is 0.643. The standard InChI is InChI=1S/C14H22N6O/c1-9-4-5-20(7-11(9)21)8-12-17-13(15-2)10-6-16-19(3)14(10)18-12/h6,9,11,21H,4-5,7-8H2,1-3H3,(H,15,17,18). The van der Waals surface area contributed by atoms with Crippen molar-refractivity contribution in [3.8, 4) is 0 Å². The van der Waals surface area contributed by atoms with Crippen LogP contribution >= 0.6 is 0 Å². The lowest BCUT2D eigenvalue weighted by molar-refractivity contribution is 0.0249. The Kier molecular flexibility index (Phi) is 3.77. The van der Waals surface area contributed by atoms with Gasteiger partial charge in [0.2, 0.25) is 0 Å². The van der Waals surface area contributed by atoms with Crippen molar-refractivity contribution in [3.05, 3.63) is 12.0 Å². The van der Waals surface area contributed by atoms with Gasteiger partial charge in [0.25, 0.3) is 0 Å². The number of fused-ring (bicyclic) bond motifs is 1. The van der Waals surface area contributed by atoms with Gasteiger partial charge < -0.3 is 10.4 Å². The number of nitrogens with one attached hydrogen (secondary N) is 1. The molecule has 1 fully saturated rings. The Morgan fingerprint density at radius 2 is 2.24 bits per heavy atom. The molecule has 2 N–H and O–H groups in total. The van der Waals surface area contributed by atoms with Crippen molar-refractivity contribution in [2.24, 2.45) is 13.0 Å². The first kappa shape index (κ1) is 14.2. The van der Waals surface area contributed by atoms with E-state index in [9.17, 15) is 5.11 Å². The van der Waals surface area contributed by atoms with Crippen LogP contribution in [0.2, 0.25) is 0 Å². The highest BCUT2D eigenvalue weighted by Crippen LogP contribution is 2.21. The van der Waals surface area contributed by atoms with Gasteiger partial charge in [-0.3, -0.25) is 9.58 Å². The summed E-state index contributed by atoms with van der Waals surface area (Å²) in [6.45, 7) is 4.40. The third-order valence-electron chi connectivity index (χ3n) is 4.24. The highest BCUT2D eigenvalue weighted by Gasteiger charge is 2.25. The van der Waals surface area contributed by atoms with Gasteiger partial charge in [-0.05, 0) is 18.9 Å². The molecular formula is C14H22N6O. The Hall–Kier alpha value is -1.73. The Labute approximate surface area is 124 Å². The largest absolute Gasteiger partial charge is 0.392 e. The van der Waals surface area contributed by atoms with Gasteiger partial charge >= 0.3 is 0 Å². The number of aliphatic hydroxyl groups is 1. The molecule has 21 heavy (non-hydrogen) atoms. The lowest BCUT2D eigenvalue weighted by Gasteiger charge is -2.33. The van der Waals surface area contributed by atoms with Crippen LogP contribution in [0.5, 0.6) is 0 Å². The van der Waals surface area contributed by atoms with Crippen LogP contribution in [0.25, 0.3) is 11.0 Å². The number of anilines is 1.